The molecular formula is C18H16ClN3OS. The third-order valence-electron chi connectivity index (χ3n) is 3.52. The number of nitrogens with one attached hydrogen (secondary N) is 1. The molecule has 0 unspecified atom stereocenters. The summed E-state index contributed by atoms with van der Waals surface area (Å²) in [5.74, 6) is -0.0463. The van der Waals surface area contributed by atoms with Crippen LogP contribution in [-0.2, 0) is 11.2 Å². The van der Waals surface area contributed by atoms with Crippen molar-refractivity contribution >= 4 is 34.5 Å². The highest BCUT2D eigenvalue weighted by Gasteiger charge is 2.09. The number of carbonyl (C=O) groups excluding carboxylic acids is 1. The lowest BCUT2D eigenvalue weighted by Gasteiger charge is -2.08. The van der Waals surface area contributed by atoms with Crippen LogP contribution < -0.4 is 5.32 Å². The third kappa shape index (κ3) is 4.19. The predicted molar refractivity (Wildman–Crippen MR) is 98.5 cm³/mol. The number of aromatic nitrogens is 2. The van der Waals surface area contributed by atoms with E-state index in [1.807, 2.05) is 36.6 Å². The summed E-state index contributed by atoms with van der Waals surface area (Å²) in [5.41, 5.74) is 3.43. The van der Waals surface area contributed by atoms with E-state index in [0.717, 1.165) is 27.6 Å². The number of halogens is 1. The molecule has 0 saturated heterocycles. The maximum absolute atomic E-state index is 12.1. The van der Waals surface area contributed by atoms with Gasteiger partial charge in [-0.3, -0.25) is 9.78 Å². The standard InChI is InChI=1S/C18H16ClN3OS/c1-12-5-6-13(19)10-15(12)21-17(23)7-8-18-22-16(11-24-18)14-4-2-3-9-20-14/h2-6,9-11H,7-8H2,1H3,(H,21,23). The van der Waals surface area contributed by atoms with Gasteiger partial charge in [-0.2, -0.15) is 0 Å². The maximum atomic E-state index is 12.1. The molecule has 0 aliphatic rings. The Labute approximate surface area is 149 Å². The van der Waals surface area contributed by atoms with Crippen LogP contribution in [0.1, 0.15) is 17.0 Å². The van der Waals surface area contributed by atoms with Crippen molar-refractivity contribution in [2.24, 2.45) is 0 Å². The molecule has 0 spiro atoms. The third-order valence-corrected chi connectivity index (χ3v) is 4.66. The van der Waals surface area contributed by atoms with Crippen molar-refractivity contribution in [1.82, 2.24) is 9.97 Å². The summed E-state index contributed by atoms with van der Waals surface area (Å²) in [6.07, 6.45) is 2.72. The van der Waals surface area contributed by atoms with Crippen molar-refractivity contribution in [2.75, 3.05) is 5.32 Å². The van der Waals surface area contributed by atoms with Crippen molar-refractivity contribution in [3.05, 3.63) is 63.6 Å². The number of nitrogens with zero attached hydrogens (tertiary/aromatic N) is 2. The second-order valence-corrected chi connectivity index (χ2v) is 6.73. The van der Waals surface area contributed by atoms with Gasteiger partial charge in [-0.15, -0.1) is 11.3 Å². The van der Waals surface area contributed by atoms with Crippen molar-refractivity contribution in [1.29, 1.82) is 0 Å². The van der Waals surface area contributed by atoms with Crippen molar-refractivity contribution < 1.29 is 4.79 Å². The van der Waals surface area contributed by atoms with Crippen LogP contribution in [0.5, 0.6) is 0 Å². The van der Waals surface area contributed by atoms with E-state index in [9.17, 15) is 4.79 Å². The number of anilines is 1. The van der Waals surface area contributed by atoms with Crippen LogP contribution in [0.15, 0.2) is 48.0 Å². The van der Waals surface area contributed by atoms with Crippen LogP contribution in [0, 0.1) is 6.92 Å². The molecule has 1 aromatic carbocycles. The minimum absolute atomic E-state index is 0.0463. The first-order chi connectivity index (χ1) is 11.6. The summed E-state index contributed by atoms with van der Waals surface area (Å²) in [6, 6.07) is 11.2. The van der Waals surface area contributed by atoms with Crippen LogP contribution in [0.2, 0.25) is 5.02 Å². The highest BCUT2D eigenvalue weighted by molar-refractivity contribution is 7.09. The van der Waals surface area contributed by atoms with Crippen LogP contribution in [0.3, 0.4) is 0 Å². The molecule has 4 nitrogen and oxygen atoms in total. The molecule has 1 N–H and O–H groups in total. The predicted octanol–water partition coefficient (Wildman–Crippen LogP) is 4.74. The molecule has 0 aliphatic carbocycles. The quantitative estimate of drug-likeness (QED) is 0.717. The molecule has 0 atom stereocenters. The summed E-state index contributed by atoms with van der Waals surface area (Å²) in [7, 11) is 0. The first kappa shape index (κ1) is 16.6. The van der Waals surface area contributed by atoms with Gasteiger partial charge in [0, 0.05) is 35.1 Å². The fourth-order valence-corrected chi connectivity index (χ4v) is 3.18. The average molecular weight is 358 g/mol. The van der Waals surface area contributed by atoms with Crippen LogP contribution in [0.4, 0.5) is 5.69 Å². The van der Waals surface area contributed by atoms with Crippen molar-refractivity contribution in [3.8, 4) is 11.4 Å². The molecule has 3 rings (SSSR count). The summed E-state index contributed by atoms with van der Waals surface area (Å²) in [4.78, 5) is 21.0. The normalized spacial score (nSPS) is 10.6. The topological polar surface area (TPSA) is 54.9 Å². The lowest BCUT2D eigenvalue weighted by molar-refractivity contribution is -0.116. The summed E-state index contributed by atoms with van der Waals surface area (Å²) < 4.78 is 0. The molecule has 0 aliphatic heterocycles. The molecule has 0 fully saturated rings. The number of amides is 1. The summed E-state index contributed by atoms with van der Waals surface area (Å²) >= 11 is 7.51. The van der Waals surface area contributed by atoms with Gasteiger partial charge in [0.15, 0.2) is 0 Å². The number of hydrogen-bond donors (Lipinski definition) is 1. The molecule has 122 valence electrons. The molecule has 6 heteroatoms. The Hall–Kier alpha value is -2.24. The Morgan fingerprint density at radius 2 is 2.12 bits per heavy atom. The number of aryl methyl sites for hydroxylation is 2. The highest BCUT2D eigenvalue weighted by Crippen LogP contribution is 2.22. The van der Waals surface area contributed by atoms with Gasteiger partial charge >= 0.3 is 0 Å². The van der Waals surface area contributed by atoms with Crippen molar-refractivity contribution in [2.45, 2.75) is 19.8 Å². The Kier molecular flexibility index (Phi) is 5.23. The van der Waals surface area contributed by atoms with Gasteiger partial charge in [-0.05, 0) is 36.8 Å². The lowest BCUT2D eigenvalue weighted by Crippen LogP contribution is -2.13. The Balaban J connectivity index is 1.59. The number of rotatable bonds is 5. The van der Waals surface area contributed by atoms with E-state index in [1.54, 1.807) is 29.7 Å². The van der Waals surface area contributed by atoms with Gasteiger partial charge in [0.05, 0.1) is 16.4 Å². The van der Waals surface area contributed by atoms with Gasteiger partial charge < -0.3 is 5.32 Å². The molecule has 3 aromatic rings. The second kappa shape index (κ2) is 7.55. The van der Waals surface area contributed by atoms with Crippen LogP contribution in [0.25, 0.3) is 11.4 Å². The molecule has 0 bridgehead atoms. The number of benzene rings is 1. The van der Waals surface area contributed by atoms with Gasteiger partial charge in [0.25, 0.3) is 0 Å². The fraction of sp³-hybridized carbons (Fsp3) is 0.167. The van der Waals surface area contributed by atoms with E-state index in [2.05, 4.69) is 15.3 Å². The van der Waals surface area contributed by atoms with E-state index in [4.69, 9.17) is 11.6 Å². The van der Waals surface area contributed by atoms with E-state index in [0.29, 0.717) is 17.9 Å². The molecular weight excluding hydrogens is 342 g/mol. The first-order valence-corrected chi connectivity index (χ1v) is 8.79. The molecule has 0 saturated carbocycles. The fourth-order valence-electron chi connectivity index (χ4n) is 2.22. The minimum Gasteiger partial charge on any atom is -0.326 e. The number of carbonyl (C=O) groups is 1. The van der Waals surface area contributed by atoms with Gasteiger partial charge in [-0.25, -0.2) is 4.98 Å². The maximum Gasteiger partial charge on any atom is 0.224 e. The van der Waals surface area contributed by atoms with Gasteiger partial charge in [0.2, 0.25) is 5.91 Å². The lowest BCUT2D eigenvalue weighted by atomic mass is 10.2. The highest BCUT2D eigenvalue weighted by atomic mass is 35.5. The van der Waals surface area contributed by atoms with Crippen LogP contribution in [-0.4, -0.2) is 15.9 Å². The monoisotopic (exact) mass is 357 g/mol. The molecule has 2 aromatic heterocycles. The molecule has 2 heterocycles. The van der Waals surface area contributed by atoms with E-state index in [-0.39, 0.29) is 5.91 Å². The van der Waals surface area contributed by atoms with Gasteiger partial charge in [0.1, 0.15) is 0 Å². The first-order valence-electron chi connectivity index (χ1n) is 7.53. The Morgan fingerprint density at radius 3 is 2.92 bits per heavy atom. The van der Waals surface area contributed by atoms with Crippen molar-refractivity contribution in [3.63, 3.8) is 0 Å². The SMILES string of the molecule is Cc1ccc(Cl)cc1NC(=O)CCc1nc(-c2ccccn2)cs1. The number of hydrogen-bond acceptors (Lipinski definition) is 4. The Morgan fingerprint density at radius 1 is 1.25 bits per heavy atom. The largest absolute Gasteiger partial charge is 0.326 e. The second-order valence-electron chi connectivity index (χ2n) is 5.35. The molecule has 0 radical (unpaired) electrons. The van der Waals surface area contributed by atoms with E-state index < -0.39 is 0 Å². The summed E-state index contributed by atoms with van der Waals surface area (Å²) in [6.45, 7) is 1.94. The smallest absolute Gasteiger partial charge is 0.224 e. The number of pyridine rings is 1. The zero-order valence-electron chi connectivity index (χ0n) is 13.1. The Bertz CT molecular complexity index is 848. The van der Waals surface area contributed by atoms with E-state index >= 15 is 0 Å². The van der Waals surface area contributed by atoms with Crippen LogP contribution >= 0.6 is 22.9 Å². The van der Waals surface area contributed by atoms with Gasteiger partial charge in [-0.1, -0.05) is 23.7 Å². The average Bonchev–Trinajstić information content (AvgIpc) is 3.06. The molecule has 24 heavy (non-hydrogen) atoms. The zero-order chi connectivity index (χ0) is 16.9. The number of thiazole rings is 1. The zero-order valence-corrected chi connectivity index (χ0v) is 14.7. The minimum atomic E-state index is -0.0463. The summed E-state index contributed by atoms with van der Waals surface area (Å²) in [5, 5.41) is 6.40. The molecule has 1 amide bonds. The van der Waals surface area contributed by atoms with E-state index in [1.165, 1.54) is 0 Å².